The summed E-state index contributed by atoms with van der Waals surface area (Å²) in [5.74, 6) is 0. The van der Waals surface area contributed by atoms with Crippen molar-refractivity contribution < 1.29 is 13.2 Å². The molecule has 0 fully saturated rings. The summed E-state index contributed by atoms with van der Waals surface area (Å²) in [7, 11) is 0. The zero-order valence-corrected chi connectivity index (χ0v) is 12.5. The lowest BCUT2D eigenvalue weighted by molar-refractivity contribution is -0.185. The van der Waals surface area contributed by atoms with Crippen LogP contribution in [-0.4, -0.2) is 6.18 Å². The van der Waals surface area contributed by atoms with E-state index in [9.17, 15) is 13.2 Å². The standard InChI is InChI=1S/C18H21F3/c1-7-10-11-12-14(4)15(5)13-16(8-2)17(6,9-3)18(19,20)21/h7-13H,2-5H2,1,6H3. The van der Waals surface area contributed by atoms with Crippen molar-refractivity contribution >= 4 is 0 Å². The molecule has 0 bridgehead atoms. The molecule has 0 spiro atoms. The summed E-state index contributed by atoms with van der Waals surface area (Å²) < 4.78 is 39.6. The molecule has 21 heavy (non-hydrogen) atoms. The van der Waals surface area contributed by atoms with Gasteiger partial charge in [-0.05, 0) is 30.6 Å². The molecule has 0 aliphatic rings. The highest BCUT2D eigenvalue weighted by Gasteiger charge is 2.50. The molecule has 3 heteroatoms. The molecule has 1 unspecified atom stereocenters. The Balaban J connectivity index is 5.55. The normalized spacial score (nSPS) is 16.0. The number of hydrogen-bond donors (Lipinski definition) is 0. The fourth-order valence-electron chi connectivity index (χ4n) is 1.49. The van der Waals surface area contributed by atoms with Crippen molar-refractivity contribution in [1.82, 2.24) is 0 Å². The SMILES string of the molecule is C=CC(=CC(=C)C(=C)C=CC=CC)C(C)(C=C)C(F)(F)F. The van der Waals surface area contributed by atoms with Gasteiger partial charge in [-0.3, -0.25) is 0 Å². The van der Waals surface area contributed by atoms with Gasteiger partial charge in [0.2, 0.25) is 0 Å². The molecule has 0 nitrogen and oxygen atoms in total. The van der Waals surface area contributed by atoms with E-state index in [1.54, 1.807) is 18.2 Å². The van der Waals surface area contributed by atoms with E-state index in [0.717, 1.165) is 13.0 Å². The van der Waals surface area contributed by atoms with Crippen LogP contribution in [0.15, 0.2) is 85.6 Å². The Kier molecular flexibility index (Phi) is 6.93. The number of hydrogen-bond acceptors (Lipinski definition) is 0. The van der Waals surface area contributed by atoms with E-state index >= 15 is 0 Å². The molecule has 1 atom stereocenters. The fourth-order valence-corrected chi connectivity index (χ4v) is 1.49. The van der Waals surface area contributed by atoms with Gasteiger partial charge < -0.3 is 0 Å². The third kappa shape index (κ3) is 4.78. The summed E-state index contributed by atoms with van der Waals surface area (Å²) in [5, 5.41) is 0. The van der Waals surface area contributed by atoms with E-state index in [4.69, 9.17) is 0 Å². The van der Waals surface area contributed by atoms with Gasteiger partial charge in [-0.25, -0.2) is 0 Å². The summed E-state index contributed by atoms with van der Waals surface area (Å²) in [6.45, 7) is 17.2. The van der Waals surface area contributed by atoms with Crippen LogP contribution in [0.4, 0.5) is 13.2 Å². The summed E-state index contributed by atoms with van der Waals surface area (Å²) >= 11 is 0. The third-order valence-electron chi connectivity index (χ3n) is 3.16. The molecule has 114 valence electrons. The van der Waals surface area contributed by atoms with Crippen molar-refractivity contribution in [3.8, 4) is 0 Å². The highest BCUT2D eigenvalue weighted by molar-refractivity contribution is 5.48. The van der Waals surface area contributed by atoms with E-state index in [1.165, 1.54) is 12.2 Å². The number of halogens is 3. The number of alkyl halides is 3. The van der Waals surface area contributed by atoms with Crippen molar-refractivity contribution in [2.45, 2.75) is 20.0 Å². The van der Waals surface area contributed by atoms with Crippen LogP contribution in [0.25, 0.3) is 0 Å². The molecule has 0 heterocycles. The van der Waals surface area contributed by atoms with Crippen molar-refractivity contribution in [1.29, 1.82) is 0 Å². The first-order valence-electron chi connectivity index (χ1n) is 6.36. The molecule has 0 rings (SSSR count). The summed E-state index contributed by atoms with van der Waals surface area (Å²) in [5.41, 5.74) is -1.27. The van der Waals surface area contributed by atoms with E-state index in [2.05, 4.69) is 26.3 Å². The predicted octanol–water partition coefficient (Wildman–Crippen LogP) is 6.10. The van der Waals surface area contributed by atoms with Crippen molar-refractivity contribution in [3.05, 3.63) is 85.6 Å². The highest BCUT2D eigenvalue weighted by atomic mass is 19.4. The Bertz CT molecular complexity index is 513. The van der Waals surface area contributed by atoms with Gasteiger partial charge in [-0.1, -0.05) is 62.3 Å². The monoisotopic (exact) mass is 294 g/mol. The summed E-state index contributed by atoms with van der Waals surface area (Å²) in [6, 6.07) is 0. The van der Waals surface area contributed by atoms with Crippen LogP contribution in [0.3, 0.4) is 0 Å². The maximum absolute atomic E-state index is 13.2. The molecule has 0 amide bonds. The first-order valence-corrected chi connectivity index (χ1v) is 6.36. The lowest BCUT2D eigenvalue weighted by Gasteiger charge is -2.30. The first-order chi connectivity index (χ1) is 9.63. The number of rotatable bonds is 7. The largest absolute Gasteiger partial charge is 0.401 e. The smallest absolute Gasteiger partial charge is 0.170 e. The van der Waals surface area contributed by atoms with Gasteiger partial charge in [0.05, 0.1) is 0 Å². The number of allylic oxidation sites excluding steroid dienone is 10. The zero-order chi connectivity index (χ0) is 16.7. The predicted molar refractivity (Wildman–Crippen MR) is 84.9 cm³/mol. The molecule has 0 aromatic rings. The fraction of sp³-hybridized carbons (Fsp3) is 0.222. The Morgan fingerprint density at radius 3 is 1.95 bits per heavy atom. The van der Waals surface area contributed by atoms with Crippen LogP contribution < -0.4 is 0 Å². The van der Waals surface area contributed by atoms with E-state index in [0.29, 0.717) is 11.1 Å². The lowest BCUT2D eigenvalue weighted by Crippen LogP contribution is -2.34. The van der Waals surface area contributed by atoms with Crippen LogP contribution >= 0.6 is 0 Å². The molecule has 0 saturated heterocycles. The van der Waals surface area contributed by atoms with Crippen LogP contribution in [0, 0.1) is 5.41 Å². The molecular formula is C18H21F3. The third-order valence-corrected chi connectivity index (χ3v) is 3.16. The molecule has 0 saturated carbocycles. The molecule has 0 N–H and O–H groups in total. The quantitative estimate of drug-likeness (QED) is 0.393. The van der Waals surface area contributed by atoms with Gasteiger partial charge in [0, 0.05) is 0 Å². The van der Waals surface area contributed by atoms with E-state index < -0.39 is 11.6 Å². The van der Waals surface area contributed by atoms with Crippen LogP contribution in [0.1, 0.15) is 13.8 Å². The topological polar surface area (TPSA) is 0 Å². The van der Waals surface area contributed by atoms with Gasteiger partial charge in [-0.15, -0.1) is 6.58 Å². The Morgan fingerprint density at radius 2 is 1.57 bits per heavy atom. The molecule has 0 aromatic heterocycles. The minimum atomic E-state index is -4.46. The van der Waals surface area contributed by atoms with Crippen LogP contribution in [-0.2, 0) is 0 Å². The van der Waals surface area contributed by atoms with Gasteiger partial charge in [0.25, 0.3) is 0 Å². The maximum atomic E-state index is 13.2. The van der Waals surface area contributed by atoms with Crippen LogP contribution in [0.5, 0.6) is 0 Å². The molecule has 0 aromatic carbocycles. The molecule has 0 aliphatic heterocycles. The molecule has 0 aliphatic carbocycles. The van der Waals surface area contributed by atoms with Gasteiger partial charge in [0.15, 0.2) is 0 Å². The van der Waals surface area contributed by atoms with Crippen LogP contribution in [0.2, 0.25) is 0 Å². The summed E-state index contributed by atoms with van der Waals surface area (Å²) in [4.78, 5) is 0. The average molecular weight is 294 g/mol. The van der Waals surface area contributed by atoms with Crippen molar-refractivity contribution in [2.24, 2.45) is 5.41 Å². The average Bonchev–Trinajstić information content (AvgIpc) is 2.42. The van der Waals surface area contributed by atoms with E-state index in [-0.39, 0.29) is 5.57 Å². The highest BCUT2D eigenvalue weighted by Crippen LogP contribution is 2.45. The molecule has 0 radical (unpaired) electrons. The Morgan fingerprint density at radius 1 is 1.00 bits per heavy atom. The summed E-state index contributed by atoms with van der Waals surface area (Å²) in [6.07, 6.45) is 5.96. The van der Waals surface area contributed by atoms with Gasteiger partial charge >= 0.3 is 6.18 Å². The van der Waals surface area contributed by atoms with Gasteiger partial charge in [-0.2, -0.15) is 13.2 Å². The van der Waals surface area contributed by atoms with Gasteiger partial charge in [0.1, 0.15) is 5.41 Å². The second-order valence-electron chi connectivity index (χ2n) is 4.64. The lowest BCUT2D eigenvalue weighted by atomic mass is 9.80. The minimum Gasteiger partial charge on any atom is -0.170 e. The van der Waals surface area contributed by atoms with E-state index in [1.807, 2.05) is 13.0 Å². The second-order valence-corrected chi connectivity index (χ2v) is 4.64. The first kappa shape index (κ1) is 19.0. The van der Waals surface area contributed by atoms with Crippen molar-refractivity contribution in [3.63, 3.8) is 0 Å². The molecular weight excluding hydrogens is 273 g/mol. The maximum Gasteiger partial charge on any atom is 0.401 e. The zero-order valence-electron chi connectivity index (χ0n) is 12.5. The Labute approximate surface area is 125 Å². The minimum absolute atomic E-state index is 0.0180. The Hall–Kier alpha value is -2.03. The second kappa shape index (κ2) is 7.67. The van der Waals surface area contributed by atoms with Crippen molar-refractivity contribution in [2.75, 3.05) is 0 Å².